The Balaban J connectivity index is 1.20. The van der Waals surface area contributed by atoms with Crippen LogP contribution in [0.5, 0.6) is 0 Å². The van der Waals surface area contributed by atoms with E-state index in [0.29, 0.717) is 28.8 Å². The van der Waals surface area contributed by atoms with Gasteiger partial charge in [-0.05, 0) is 12.8 Å². The van der Waals surface area contributed by atoms with Gasteiger partial charge < -0.3 is 10.6 Å². The van der Waals surface area contributed by atoms with E-state index >= 15 is 0 Å². The maximum absolute atomic E-state index is 14.2. The molecule has 0 aromatic carbocycles. The minimum atomic E-state index is -2.68. The molecule has 1 aliphatic heterocycles. The third-order valence-corrected chi connectivity index (χ3v) is 7.92. The molecule has 3 aliphatic carbocycles. The molecule has 168 valence electrons. The Bertz CT molecular complexity index is 1130. The zero-order valence-electron chi connectivity index (χ0n) is 17.8. The van der Waals surface area contributed by atoms with E-state index in [0.717, 1.165) is 19.5 Å². The molecule has 0 spiro atoms. The van der Waals surface area contributed by atoms with Crippen LogP contribution in [0.2, 0.25) is 0 Å². The van der Waals surface area contributed by atoms with Crippen molar-refractivity contribution in [3.8, 4) is 0 Å². The van der Waals surface area contributed by atoms with E-state index in [1.807, 2.05) is 10.9 Å². The molecule has 4 aliphatic rings. The van der Waals surface area contributed by atoms with E-state index in [-0.39, 0.29) is 24.6 Å². The minimum absolute atomic E-state index is 0.176. The third-order valence-electron chi connectivity index (χ3n) is 7.92. The van der Waals surface area contributed by atoms with Crippen LogP contribution in [0.1, 0.15) is 41.1 Å². The lowest BCUT2D eigenvalue weighted by molar-refractivity contribution is 0.0631. The van der Waals surface area contributed by atoms with Crippen LogP contribution < -0.4 is 10.6 Å². The van der Waals surface area contributed by atoms with Crippen LogP contribution in [0.15, 0.2) is 36.7 Å². The molecule has 1 saturated carbocycles. The van der Waals surface area contributed by atoms with Gasteiger partial charge in [-0.25, -0.2) is 8.78 Å². The highest BCUT2D eigenvalue weighted by molar-refractivity contribution is 6.04. The first-order chi connectivity index (χ1) is 15.4. The second kappa shape index (κ2) is 6.84. The fourth-order valence-electron chi connectivity index (χ4n) is 5.72. The average Bonchev–Trinajstić information content (AvgIpc) is 3.17. The number of fused-ring (bicyclic) bond motifs is 2. The van der Waals surface area contributed by atoms with Crippen molar-refractivity contribution < 1.29 is 13.6 Å². The number of alkyl halides is 2. The van der Waals surface area contributed by atoms with Crippen LogP contribution in [0, 0.1) is 23.2 Å². The highest BCUT2D eigenvalue weighted by Gasteiger charge is 2.78. The lowest BCUT2D eigenvalue weighted by Crippen LogP contribution is -2.48. The molecular weight excluding hydrogens is 414 g/mol. The van der Waals surface area contributed by atoms with Gasteiger partial charge in [0.25, 0.3) is 11.8 Å². The van der Waals surface area contributed by atoms with Gasteiger partial charge in [-0.1, -0.05) is 31.2 Å². The number of hydrogen-bond acceptors (Lipinski definition) is 4. The summed E-state index contributed by atoms with van der Waals surface area (Å²) < 4.78 is 30.3. The minimum Gasteiger partial charge on any atom is -0.318 e. The Labute approximate surface area is 184 Å². The van der Waals surface area contributed by atoms with Gasteiger partial charge in [-0.3, -0.25) is 14.6 Å². The Hall–Kier alpha value is -2.81. The number of amides is 1. The van der Waals surface area contributed by atoms with Crippen LogP contribution in [-0.2, 0) is 12.8 Å². The SMILES string of the molecule is C[C@@]12Cc3[nH]nc(C(=O)Nc4cnn([C@H](C5C=CC=CC5)C5CNC5)c4)c3C[C@@H]1C2(F)F. The number of nitrogens with one attached hydrogen (secondary N) is 3. The van der Waals surface area contributed by atoms with Gasteiger partial charge in [-0.2, -0.15) is 10.2 Å². The smallest absolute Gasteiger partial charge is 0.276 e. The summed E-state index contributed by atoms with van der Waals surface area (Å²) in [4.78, 5) is 12.9. The summed E-state index contributed by atoms with van der Waals surface area (Å²) in [6.45, 7) is 3.51. The summed E-state index contributed by atoms with van der Waals surface area (Å²) >= 11 is 0. The van der Waals surface area contributed by atoms with Gasteiger partial charge >= 0.3 is 0 Å². The number of anilines is 1. The Kier molecular flexibility index (Phi) is 4.24. The van der Waals surface area contributed by atoms with E-state index < -0.39 is 23.2 Å². The van der Waals surface area contributed by atoms with Gasteiger partial charge in [0.15, 0.2) is 5.69 Å². The summed E-state index contributed by atoms with van der Waals surface area (Å²) in [7, 11) is 0. The number of aromatic amines is 1. The molecule has 7 nitrogen and oxygen atoms in total. The zero-order valence-corrected chi connectivity index (χ0v) is 17.8. The normalized spacial score (nSPS) is 30.8. The molecule has 3 N–H and O–H groups in total. The molecule has 9 heteroatoms. The molecule has 0 bridgehead atoms. The maximum atomic E-state index is 14.2. The number of halogens is 2. The monoisotopic (exact) mass is 440 g/mol. The van der Waals surface area contributed by atoms with Crippen molar-refractivity contribution >= 4 is 11.6 Å². The maximum Gasteiger partial charge on any atom is 0.276 e. The van der Waals surface area contributed by atoms with Gasteiger partial charge in [0.2, 0.25) is 0 Å². The molecule has 2 aromatic rings. The molecule has 3 heterocycles. The van der Waals surface area contributed by atoms with Gasteiger partial charge in [0.1, 0.15) is 0 Å². The summed E-state index contributed by atoms with van der Waals surface area (Å²) in [6, 6.07) is 0.205. The number of H-pyrrole nitrogens is 1. The molecule has 2 fully saturated rings. The molecule has 2 aromatic heterocycles. The second-order valence-electron chi connectivity index (χ2n) is 9.79. The molecule has 0 radical (unpaired) electrons. The van der Waals surface area contributed by atoms with Crippen molar-refractivity contribution in [3.05, 3.63) is 53.6 Å². The summed E-state index contributed by atoms with van der Waals surface area (Å²) in [5.74, 6) is -2.97. The van der Waals surface area contributed by atoms with Crippen LogP contribution in [0.25, 0.3) is 0 Å². The van der Waals surface area contributed by atoms with E-state index in [1.165, 1.54) is 0 Å². The molecule has 6 rings (SSSR count). The number of allylic oxidation sites excluding steroid dienone is 4. The van der Waals surface area contributed by atoms with E-state index in [2.05, 4.69) is 50.2 Å². The van der Waals surface area contributed by atoms with E-state index in [4.69, 9.17) is 0 Å². The summed E-state index contributed by atoms with van der Waals surface area (Å²) in [5, 5.41) is 17.7. The first-order valence-corrected chi connectivity index (χ1v) is 11.2. The van der Waals surface area contributed by atoms with Gasteiger partial charge in [0, 0.05) is 60.1 Å². The highest BCUT2D eigenvalue weighted by atomic mass is 19.3. The van der Waals surface area contributed by atoms with E-state index in [1.54, 1.807) is 13.1 Å². The summed E-state index contributed by atoms with van der Waals surface area (Å²) in [6.07, 6.45) is 13.4. The molecule has 4 atom stereocenters. The molecule has 1 amide bonds. The standard InChI is InChI=1S/C23H26F2N6O/c1-22-8-17-16(7-18(22)23(22,24)25)19(30-29-17)21(32)28-15-11-27-31(12-15)20(14-9-26-10-14)13-5-3-2-4-6-13/h2-5,11-14,18,20,26H,6-10H2,1H3,(H,28,32)(H,29,30)/t13?,18-,20+,22+/m0/s1. The Morgan fingerprint density at radius 1 is 1.34 bits per heavy atom. The van der Waals surface area contributed by atoms with Crippen molar-refractivity contribution in [3.63, 3.8) is 0 Å². The lowest BCUT2D eigenvalue weighted by atomic mass is 9.81. The number of hydrogen-bond donors (Lipinski definition) is 3. The predicted octanol–water partition coefficient (Wildman–Crippen LogP) is 3.12. The molecule has 32 heavy (non-hydrogen) atoms. The Morgan fingerprint density at radius 3 is 2.91 bits per heavy atom. The first kappa shape index (κ1) is 19.8. The second-order valence-corrected chi connectivity index (χ2v) is 9.79. The van der Waals surface area contributed by atoms with Crippen molar-refractivity contribution in [1.29, 1.82) is 0 Å². The fraction of sp³-hybridized carbons (Fsp3) is 0.522. The van der Waals surface area contributed by atoms with Gasteiger partial charge in [0.05, 0.1) is 17.9 Å². The lowest BCUT2D eigenvalue weighted by Gasteiger charge is -2.38. The molecule has 1 saturated heterocycles. The van der Waals surface area contributed by atoms with Gasteiger partial charge in [-0.15, -0.1) is 0 Å². The highest BCUT2D eigenvalue weighted by Crippen LogP contribution is 2.70. The third kappa shape index (κ3) is 2.83. The quantitative estimate of drug-likeness (QED) is 0.667. The predicted molar refractivity (Wildman–Crippen MR) is 115 cm³/mol. The number of aromatic nitrogens is 4. The van der Waals surface area contributed by atoms with Crippen LogP contribution in [0.3, 0.4) is 0 Å². The number of rotatable bonds is 5. The summed E-state index contributed by atoms with van der Waals surface area (Å²) in [5.41, 5.74) is 1.04. The van der Waals surface area contributed by atoms with Crippen molar-refractivity contribution in [1.82, 2.24) is 25.3 Å². The first-order valence-electron chi connectivity index (χ1n) is 11.2. The number of carbonyl (C=O) groups is 1. The number of nitrogens with zero attached hydrogens (tertiary/aromatic N) is 3. The van der Waals surface area contributed by atoms with E-state index in [9.17, 15) is 13.6 Å². The zero-order chi connectivity index (χ0) is 22.1. The topological polar surface area (TPSA) is 87.6 Å². The van der Waals surface area contributed by atoms with Crippen molar-refractivity contribution in [2.45, 2.75) is 38.2 Å². The van der Waals surface area contributed by atoms with Crippen LogP contribution in [-0.4, -0.2) is 44.9 Å². The largest absolute Gasteiger partial charge is 0.318 e. The van der Waals surface area contributed by atoms with Crippen LogP contribution >= 0.6 is 0 Å². The molecule has 1 unspecified atom stereocenters. The average molecular weight is 440 g/mol. The molecular formula is C23H26F2N6O. The number of carbonyl (C=O) groups excluding carboxylic acids is 1. The Morgan fingerprint density at radius 2 is 2.19 bits per heavy atom. The van der Waals surface area contributed by atoms with Crippen molar-refractivity contribution in [2.75, 3.05) is 18.4 Å². The van der Waals surface area contributed by atoms with Crippen molar-refractivity contribution in [2.24, 2.45) is 23.2 Å². The van der Waals surface area contributed by atoms with Crippen LogP contribution in [0.4, 0.5) is 14.5 Å². The fourth-order valence-corrected chi connectivity index (χ4v) is 5.72.